The highest BCUT2D eigenvalue weighted by atomic mass is 16.4. The van der Waals surface area contributed by atoms with Crippen molar-refractivity contribution in [1.29, 1.82) is 0 Å². The predicted molar refractivity (Wildman–Crippen MR) is 67.9 cm³/mol. The smallest absolute Gasteiger partial charge is 0.306 e. The molecule has 2 rings (SSSR count). The number of piperidine rings is 1. The average Bonchev–Trinajstić information content (AvgIpc) is 2.29. The maximum absolute atomic E-state index is 10.9. The van der Waals surface area contributed by atoms with Crippen LogP contribution in [0.1, 0.15) is 46.0 Å². The van der Waals surface area contributed by atoms with Crippen molar-refractivity contribution < 1.29 is 9.90 Å². The molecule has 3 nitrogen and oxygen atoms in total. The van der Waals surface area contributed by atoms with Crippen molar-refractivity contribution >= 4 is 5.97 Å². The minimum atomic E-state index is -0.602. The van der Waals surface area contributed by atoms with Crippen molar-refractivity contribution in [1.82, 2.24) is 4.90 Å². The van der Waals surface area contributed by atoms with E-state index in [0.29, 0.717) is 6.04 Å². The van der Waals surface area contributed by atoms with Crippen LogP contribution >= 0.6 is 0 Å². The molecule has 1 aliphatic carbocycles. The van der Waals surface area contributed by atoms with E-state index in [2.05, 4.69) is 18.7 Å². The Hall–Kier alpha value is -0.570. The van der Waals surface area contributed by atoms with Crippen molar-refractivity contribution in [2.75, 3.05) is 13.1 Å². The number of likely N-dealkylation sites (tertiary alicyclic amines) is 1. The van der Waals surface area contributed by atoms with Crippen molar-refractivity contribution in [3.63, 3.8) is 0 Å². The highest BCUT2D eigenvalue weighted by Crippen LogP contribution is 2.34. The summed E-state index contributed by atoms with van der Waals surface area (Å²) in [6, 6.07) is 0.693. The fraction of sp³-hybridized carbons (Fsp3) is 0.929. The van der Waals surface area contributed by atoms with Crippen molar-refractivity contribution in [3.05, 3.63) is 0 Å². The van der Waals surface area contributed by atoms with Gasteiger partial charge in [-0.2, -0.15) is 0 Å². The monoisotopic (exact) mass is 239 g/mol. The van der Waals surface area contributed by atoms with E-state index < -0.39 is 5.97 Å². The fourth-order valence-corrected chi connectivity index (χ4v) is 3.83. The molecular formula is C14H25NO2. The Morgan fingerprint density at radius 2 is 1.59 bits per heavy atom. The minimum Gasteiger partial charge on any atom is -0.481 e. The third-order valence-corrected chi connectivity index (χ3v) is 4.79. The molecule has 98 valence electrons. The first kappa shape index (κ1) is 12.9. The van der Waals surface area contributed by atoms with E-state index in [-0.39, 0.29) is 5.92 Å². The van der Waals surface area contributed by atoms with Crippen LogP contribution in [0, 0.1) is 17.8 Å². The number of hydrogen-bond donors (Lipinski definition) is 1. The summed E-state index contributed by atoms with van der Waals surface area (Å²) in [6.07, 6.45) is 5.72. The lowest BCUT2D eigenvalue weighted by atomic mass is 9.77. The molecule has 2 fully saturated rings. The van der Waals surface area contributed by atoms with Gasteiger partial charge in [0, 0.05) is 6.04 Å². The molecule has 2 aliphatic rings. The molecule has 2 atom stereocenters. The van der Waals surface area contributed by atoms with Gasteiger partial charge in [0.15, 0.2) is 0 Å². The minimum absolute atomic E-state index is 0.0968. The van der Waals surface area contributed by atoms with Crippen molar-refractivity contribution in [2.24, 2.45) is 17.8 Å². The van der Waals surface area contributed by atoms with E-state index in [1.54, 1.807) is 0 Å². The molecule has 0 aromatic rings. The van der Waals surface area contributed by atoms with Crippen LogP contribution < -0.4 is 0 Å². The van der Waals surface area contributed by atoms with E-state index in [4.69, 9.17) is 5.11 Å². The third kappa shape index (κ3) is 2.82. The first-order valence-electron chi connectivity index (χ1n) is 7.06. The van der Waals surface area contributed by atoms with Gasteiger partial charge in [0.1, 0.15) is 0 Å². The topological polar surface area (TPSA) is 40.5 Å². The molecule has 0 radical (unpaired) electrons. The summed E-state index contributed by atoms with van der Waals surface area (Å²) in [6.45, 7) is 6.69. The zero-order valence-corrected chi connectivity index (χ0v) is 11.1. The normalized spacial score (nSPS) is 36.9. The van der Waals surface area contributed by atoms with Crippen LogP contribution in [0.3, 0.4) is 0 Å². The lowest BCUT2D eigenvalue weighted by molar-refractivity contribution is -0.143. The van der Waals surface area contributed by atoms with Crippen LogP contribution in [0.2, 0.25) is 0 Å². The molecule has 0 amide bonds. The summed E-state index contributed by atoms with van der Waals surface area (Å²) < 4.78 is 0. The second kappa shape index (κ2) is 5.38. The van der Waals surface area contributed by atoms with Crippen molar-refractivity contribution in [3.8, 4) is 0 Å². The van der Waals surface area contributed by atoms with E-state index >= 15 is 0 Å². The van der Waals surface area contributed by atoms with Gasteiger partial charge in [-0.05, 0) is 50.6 Å². The van der Waals surface area contributed by atoms with Gasteiger partial charge in [0.05, 0.1) is 5.92 Å². The Morgan fingerprint density at radius 1 is 1.06 bits per heavy atom. The van der Waals surface area contributed by atoms with Crippen LogP contribution in [0.25, 0.3) is 0 Å². The average molecular weight is 239 g/mol. The van der Waals surface area contributed by atoms with Crippen LogP contribution in [-0.4, -0.2) is 35.1 Å². The third-order valence-electron chi connectivity index (χ3n) is 4.79. The zero-order valence-electron chi connectivity index (χ0n) is 11.1. The number of rotatable bonds is 2. The van der Waals surface area contributed by atoms with Crippen molar-refractivity contribution in [2.45, 2.75) is 52.0 Å². The number of hydrogen-bond acceptors (Lipinski definition) is 2. The molecule has 0 bridgehead atoms. The molecule has 0 aromatic heterocycles. The maximum atomic E-state index is 10.9. The molecule has 1 saturated carbocycles. The Kier molecular flexibility index (Phi) is 4.08. The van der Waals surface area contributed by atoms with Crippen LogP contribution in [0.5, 0.6) is 0 Å². The van der Waals surface area contributed by atoms with E-state index in [0.717, 1.165) is 37.8 Å². The first-order chi connectivity index (χ1) is 8.09. The standard InChI is InChI=1S/C14H25NO2/c1-10-4-3-5-11(2)13(10)15-8-6-12(7-9-15)14(16)17/h10-13H,3-9H2,1-2H3,(H,16,17). The lowest BCUT2D eigenvalue weighted by Crippen LogP contribution is -2.50. The SMILES string of the molecule is CC1CCCC(C)C1N1CCC(C(=O)O)CC1. The molecule has 1 aliphatic heterocycles. The summed E-state index contributed by atoms with van der Waals surface area (Å²) in [5, 5.41) is 9.02. The maximum Gasteiger partial charge on any atom is 0.306 e. The van der Waals surface area contributed by atoms with Gasteiger partial charge in [0.2, 0.25) is 0 Å². The van der Waals surface area contributed by atoms with Gasteiger partial charge in [-0.15, -0.1) is 0 Å². The number of carboxylic acid groups (broad SMARTS) is 1. The zero-order chi connectivity index (χ0) is 12.4. The highest BCUT2D eigenvalue weighted by molar-refractivity contribution is 5.70. The Balaban J connectivity index is 1.92. The molecular weight excluding hydrogens is 214 g/mol. The summed E-state index contributed by atoms with van der Waals surface area (Å²) in [7, 11) is 0. The van der Waals surface area contributed by atoms with Gasteiger partial charge < -0.3 is 5.11 Å². The summed E-state index contributed by atoms with van der Waals surface area (Å²) >= 11 is 0. The fourth-order valence-electron chi connectivity index (χ4n) is 3.83. The number of carboxylic acids is 1. The van der Waals surface area contributed by atoms with Crippen LogP contribution in [0.15, 0.2) is 0 Å². The van der Waals surface area contributed by atoms with Crippen LogP contribution in [-0.2, 0) is 4.79 Å². The molecule has 1 heterocycles. The first-order valence-corrected chi connectivity index (χ1v) is 7.06. The largest absolute Gasteiger partial charge is 0.481 e. The molecule has 1 N–H and O–H groups in total. The Labute approximate surface area is 104 Å². The summed E-state index contributed by atoms with van der Waals surface area (Å²) in [4.78, 5) is 13.5. The highest BCUT2D eigenvalue weighted by Gasteiger charge is 2.35. The van der Waals surface area contributed by atoms with Gasteiger partial charge in [-0.25, -0.2) is 0 Å². The van der Waals surface area contributed by atoms with Crippen LogP contribution in [0.4, 0.5) is 0 Å². The Bertz CT molecular complexity index is 261. The van der Waals surface area contributed by atoms with Gasteiger partial charge in [-0.3, -0.25) is 9.69 Å². The number of carbonyl (C=O) groups is 1. The van der Waals surface area contributed by atoms with E-state index in [9.17, 15) is 4.79 Å². The van der Waals surface area contributed by atoms with E-state index in [1.807, 2.05) is 0 Å². The molecule has 0 spiro atoms. The van der Waals surface area contributed by atoms with Gasteiger partial charge >= 0.3 is 5.97 Å². The Morgan fingerprint density at radius 3 is 2.06 bits per heavy atom. The number of nitrogens with zero attached hydrogens (tertiary/aromatic N) is 1. The second-order valence-corrected chi connectivity index (χ2v) is 6.02. The predicted octanol–water partition coefficient (Wildman–Crippen LogP) is 2.61. The van der Waals surface area contributed by atoms with E-state index in [1.165, 1.54) is 19.3 Å². The summed E-state index contributed by atoms with van der Waals surface area (Å²) in [5.74, 6) is 0.857. The number of aliphatic carboxylic acids is 1. The molecule has 1 saturated heterocycles. The molecule has 2 unspecified atom stereocenters. The van der Waals surface area contributed by atoms with Gasteiger partial charge in [-0.1, -0.05) is 20.3 Å². The quantitative estimate of drug-likeness (QED) is 0.805. The van der Waals surface area contributed by atoms with Gasteiger partial charge in [0.25, 0.3) is 0 Å². The molecule has 3 heteroatoms. The lowest BCUT2D eigenvalue weighted by Gasteiger charge is -2.45. The molecule has 17 heavy (non-hydrogen) atoms. The summed E-state index contributed by atoms with van der Waals surface area (Å²) in [5.41, 5.74) is 0. The molecule has 0 aromatic carbocycles. The second-order valence-electron chi connectivity index (χ2n) is 6.02.